The zero-order valence-electron chi connectivity index (χ0n) is 11.3. The van der Waals surface area contributed by atoms with Crippen LogP contribution >= 0.6 is 0 Å². The number of hydrogen-bond donors (Lipinski definition) is 2. The third-order valence-corrected chi connectivity index (χ3v) is 3.56. The van der Waals surface area contributed by atoms with Crippen LogP contribution in [0.15, 0.2) is 30.3 Å². The summed E-state index contributed by atoms with van der Waals surface area (Å²) in [5.74, 6) is 0.221. The van der Waals surface area contributed by atoms with E-state index in [1.54, 1.807) is 0 Å². The molecule has 0 spiro atoms. The number of carbonyl (C=O) groups is 1. The first kappa shape index (κ1) is 13.9. The molecule has 0 bridgehead atoms. The molecule has 1 heterocycles. The molecule has 0 saturated carbocycles. The van der Waals surface area contributed by atoms with Gasteiger partial charge in [-0.3, -0.25) is 4.79 Å². The van der Waals surface area contributed by atoms with Crippen LogP contribution in [0.3, 0.4) is 0 Å². The molecule has 3 N–H and O–H groups in total. The summed E-state index contributed by atoms with van der Waals surface area (Å²) < 4.78 is 0. The highest BCUT2D eigenvalue weighted by atomic mass is 16.2. The van der Waals surface area contributed by atoms with Crippen LogP contribution in [0.4, 0.5) is 5.69 Å². The molecule has 2 rings (SSSR count). The third-order valence-electron chi connectivity index (χ3n) is 3.56. The molecular weight excluding hydrogens is 238 g/mol. The Bertz CT molecular complexity index is 388. The van der Waals surface area contributed by atoms with E-state index < -0.39 is 0 Å². The van der Waals surface area contributed by atoms with Gasteiger partial charge in [0, 0.05) is 37.8 Å². The first-order chi connectivity index (χ1) is 9.29. The molecule has 0 aromatic heterocycles. The third kappa shape index (κ3) is 4.24. The number of para-hydroxylation sites is 1. The molecule has 1 aliphatic rings. The molecule has 1 atom stereocenters. The van der Waals surface area contributed by atoms with Crippen LogP contribution in [0.5, 0.6) is 0 Å². The van der Waals surface area contributed by atoms with Crippen LogP contribution in [0.25, 0.3) is 0 Å². The van der Waals surface area contributed by atoms with Gasteiger partial charge < -0.3 is 16.0 Å². The number of carbonyl (C=O) groups excluding carboxylic acids is 1. The molecule has 4 heteroatoms. The maximum atomic E-state index is 12.2. The Morgan fingerprint density at radius 1 is 1.21 bits per heavy atom. The SMILES string of the molecule is NCC(CC(=O)N1CCCCC1)Nc1ccccc1. The minimum absolute atomic E-state index is 0.0110. The Morgan fingerprint density at radius 3 is 2.53 bits per heavy atom. The fraction of sp³-hybridized carbons (Fsp3) is 0.533. The van der Waals surface area contributed by atoms with Gasteiger partial charge in [0.2, 0.25) is 5.91 Å². The van der Waals surface area contributed by atoms with Crippen molar-refractivity contribution in [1.29, 1.82) is 0 Å². The Kier molecular flexibility index (Phi) is 5.21. The zero-order chi connectivity index (χ0) is 13.5. The molecule has 4 nitrogen and oxygen atoms in total. The van der Waals surface area contributed by atoms with E-state index in [2.05, 4.69) is 5.32 Å². The van der Waals surface area contributed by atoms with Crippen LogP contribution in [-0.4, -0.2) is 36.5 Å². The molecule has 1 aromatic carbocycles. The van der Waals surface area contributed by atoms with Gasteiger partial charge in [0.1, 0.15) is 0 Å². The van der Waals surface area contributed by atoms with Crippen molar-refractivity contribution in [3.63, 3.8) is 0 Å². The van der Waals surface area contributed by atoms with Gasteiger partial charge in [0.15, 0.2) is 0 Å². The van der Waals surface area contributed by atoms with Crippen molar-refractivity contribution in [2.45, 2.75) is 31.7 Å². The number of nitrogens with two attached hydrogens (primary N) is 1. The summed E-state index contributed by atoms with van der Waals surface area (Å²) in [7, 11) is 0. The normalized spacial score (nSPS) is 17.0. The number of likely N-dealkylation sites (tertiary alicyclic amines) is 1. The second-order valence-corrected chi connectivity index (χ2v) is 5.09. The highest BCUT2D eigenvalue weighted by Gasteiger charge is 2.19. The zero-order valence-corrected chi connectivity index (χ0v) is 11.3. The monoisotopic (exact) mass is 261 g/mol. The molecule has 1 aromatic rings. The van der Waals surface area contributed by atoms with Crippen LogP contribution < -0.4 is 11.1 Å². The summed E-state index contributed by atoms with van der Waals surface area (Å²) in [5, 5.41) is 3.33. The van der Waals surface area contributed by atoms with Gasteiger partial charge >= 0.3 is 0 Å². The Labute approximate surface area is 115 Å². The number of anilines is 1. The molecular formula is C15H23N3O. The van der Waals surface area contributed by atoms with E-state index in [0.717, 1.165) is 31.6 Å². The molecule has 1 unspecified atom stereocenters. The van der Waals surface area contributed by atoms with Crippen molar-refractivity contribution < 1.29 is 4.79 Å². The fourth-order valence-corrected chi connectivity index (χ4v) is 2.45. The molecule has 1 saturated heterocycles. The van der Waals surface area contributed by atoms with E-state index in [1.807, 2.05) is 35.2 Å². The maximum Gasteiger partial charge on any atom is 0.224 e. The van der Waals surface area contributed by atoms with Gasteiger partial charge in [0.25, 0.3) is 0 Å². The Morgan fingerprint density at radius 2 is 1.89 bits per heavy atom. The van der Waals surface area contributed by atoms with E-state index in [-0.39, 0.29) is 11.9 Å². The van der Waals surface area contributed by atoms with Gasteiger partial charge in [-0.05, 0) is 31.4 Å². The molecule has 0 radical (unpaired) electrons. The first-order valence-corrected chi connectivity index (χ1v) is 7.09. The van der Waals surface area contributed by atoms with E-state index >= 15 is 0 Å². The number of nitrogens with one attached hydrogen (secondary N) is 1. The van der Waals surface area contributed by atoms with Crippen LogP contribution in [0.1, 0.15) is 25.7 Å². The molecule has 1 fully saturated rings. The van der Waals surface area contributed by atoms with Crippen molar-refractivity contribution in [2.75, 3.05) is 25.0 Å². The quantitative estimate of drug-likeness (QED) is 0.850. The smallest absolute Gasteiger partial charge is 0.224 e. The summed E-state index contributed by atoms with van der Waals surface area (Å²) in [6.45, 7) is 2.28. The number of benzene rings is 1. The van der Waals surface area contributed by atoms with Crippen LogP contribution in [0, 0.1) is 0 Å². The highest BCUT2D eigenvalue weighted by Crippen LogP contribution is 2.13. The van der Waals surface area contributed by atoms with Crippen molar-refractivity contribution >= 4 is 11.6 Å². The second kappa shape index (κ2) is 7.14. The maximum absolute atomic E-state index is 12.2. The number of piperidine rings is 1. The van der Waals surface area contributed by atoms with Crippen molar-refractivity contribution in [3.8, 4) is 0 Å². The summed E-state index contributed by atoms with van der Waals surface area (Å²) in [5.41, 5.74) is 6.78. The number of nitrogens with zero attached hydrogens (tertiary/aromatic N) is 1. The minimum Gasteiger partial charge on any atom is -0.381 e. The number of amides is 1. The van der Waals surface area contributed by atoms with Crippen LogP contribution in [-0.2, 0) is 4.79 Å². The van der Waals surface area contributed by atoms with Gasteiger partial charge in [0.05, 0.1) is 0 Å². The van der Waals surface area contributed by atoms with Gasteiger partial charge in [-0.2, -0.15) is 0 Å². The first-order valence-electron chi connectivity index (χ1n) is 7.09. The Balaban J connectivity index is 1.86. The Hall–Kier alpha value is -1.55. The predicted octanol–water partition coefficient (Wildman–Crippen LogP) is 1.83. The summed E-state index contributed by atoms with van der Waals surface area (Å²) in [6.07, 6.45) is 3.98. The lowest BCUT2D eigenvalue weighted by molar-refractivity contribution is -0.132. The van der Waals surface area contributed by atoms with Crippen molar-refractivity contribution in [3.05, 3.63) is 30.3 Å². The van der Waals surface area contributed by atoms with E-state index in [1.165, 1.54) is 6.42 Å². The predicted molar refractivity (Wildman–Crippen MR) is 78.0 cm³/mol. The average molecular weight is 261 g/mol. The standard InChI is InChI=1S/C15H23N3O/c16-12-14(17-13-7-3-1-4-8-13)11-15(19)18-9-5-2-6-10-18/h1,3-4,7-8,14,17H,2,5-6,9-12,16H2. The number of rotatable bonds is 5. The van der Waals surface area contributed by atoms with E-state index in [9.17, 15) is 4.79 Å². The largest absolute Gasteiger partial charge is 0.381 e. The van der Waals surface area contributed by atoms with Gasteiger partial charge in [-0.15, -0.1) is 0 Å². The highest BCUT2D eigenvalue weighted by molar-refractivity contribution is 5.77. The average Bonchev–Trinajstić information content (AvgIpc) is 2.48. The lowest BCUT2D eigenvalue weighted by atomic mass is 10.1. The van der Waals surface area contributed by atoms with Gasteiger partial charge in [-0.1, -0.05) is 18.2 Å². The minimum atomic E-state index is 0.0110. The molecule has 0 aliphatic carbocycles. The lowest BCUT2D eigenvalue weighted by Crippen LogP contribution is -2.40. The topological polar surface area (TPSA) is 58.4 Å². The fourth-order valence-electron chi connectivity index (χ4n) is 2.45. The van der Waals surface area contributed by atoms with Gasteiger partial charge in [-0.25, -0.2) is 0 Å². The summed E-state index contributed by atoms with van der Waals surface area (Å²) in [6, 6.07) is 9.92. The molecule has 1 amide bonds. The number of hydrogen-bond acceptors (Lipinski definition) is 3. The summed E-state index contributed by atoms with van der Waals surface area (Å²) >= 11 is 0. The molecule has 1 aliphatic heterocycles. The lowest BCUT2D eigenvalue weighted by Gasteiger charge is -2.28. The molecule has 104 valence electrons. The summed E-state index contributed by atoms with van der Waals surface area (Å²) in [4.78, 5) is 14.2. The van der Waals surface area contributed by atoms with Crippen molar-refractivity contribution in [2.24, 2.45) is 5.73 Å². The van der Waals surface area contributed by atoms with Crippen molar-refractivity contribution in [1.82, 2.24) is 4.90 Å². The van der Waals surface area contributed by atoms with E-state index in [0.29, 0.717) is 13.0 Å². The second-order valence-electron chi connectivity index (χ2n) is 5.09. The van der Waals surface area contributed by atoms with E-state index in [4.69, 9.17) is 5.73 Å². The molecule has 19 heavy (non-hydrogen) atoms. The van der Waals surface area contributed by atoms with Crippen LogP contribution in [0.2, 0.25) is 0 Å².